The fraction of sp³-hybridized carbons (Fsp3) is 1.00. The quantitative estimate of drug-likeness (QED) is 0.680. The lowest BCUT2D eigenvalue weighted by Crippen LogP contribution is -2.35. The van der Waals surface area contributed by atoms with Crippen molar-refractivity contribution in [2.45, 2.75) is 58.3 Å². The summed E-state index contributed by atoms with van der Waals surface area (Å²) in [6, 6.07) is 0. The van der Waals surface area contributed by atoms with Gasteiger partial charge in [0.1, 0.15) is 0 Å². The third-order valence-corrected chi connectivity index (χ3v) is 4.99. The number of nitrogens with one attached hydrogen (secondary N) is 2. The summed E-state index contributed by atoms with van der Waals surface area (Å²) in [6.45, 7) is 6.92. The van der Waals surface area contributed by atoms with Crippen molar-refractivity contribution < 1.29 is 0 Å². The number of hydrogen-bond donors (Lipinski definition) is 2. The molecule has 0 radical (unpaired) electrons. The van der Waals surface area contributed by atoms with E-state index in [1.54, 1.807) is 0 Å². The van der Waals surface area contributed by atoms with Gasteiger partial charge in [-0.25, -0.2) is 0 Å². The molecule has 0 saturated heterocycles. The minimum absolute atomic E-state index is 0.968. The number of fused-ring (bicyclic) bond motifs is 1. The summed E-state index contributed by atoms with van der Waals surface area (Å²) in [6.07, 6.45) is 11.8. The van der Waals surface area contributed by atoms with Crippen LogP contribution in [0.5, 0.6) is 0 Å². The van der Waals surface area contributed by atoms with Gasteiger partial charge < -0.3 is 10.6 Å². The van der Waals surface area contributed by atoms with Crippen molar-refractivity contribution in [1.82, 2.24) is 10.6 Å². The largest absolute Gasteiger partial charge is 0.315 e. The molecular formula is C16H32N2. The molecular weight excluding hydrogens is 220 g/mol. The minimum Gasteiger partial charge on any atom is -0.315 e. The molecule has 18 heavy (non-hydrogen) atoms. The molecule has 3 unspecified atom stereocenters. The molecule has 0 aromatic carbocycles. The van der Waals surface area contributed by atoms with Crippen molar-refractivity contribution in [3.63, 3.8) is 0 Å². The molecule has 0 bridgehead atoms. The van der Waals surface area contributed by atoms with E-state index in [1.165, 1.54) is 57.9 Å². The second-order valence-corrected chi connectivity index (χ2v) is 6.44. The molecule has 2 N–H and O–H groups in total. The third kappa shape index (κ3) is 4.55. The first-order valence-electron chi connectivity index (χ1n) is 8.31. The fourth-order valence-electron chi connectivity index (χ4n) is 3.94. The van der Waals surface area contributed by atoms with Gasteiger partial charge in [0.15, 0.2) is 0 Å². The Morgan fingerprint density at radius 3 is 2.44 bits per heavy atom. The Morgan fingerprint density at radius 2 is 1.61 bits per heavy atom. The van der Waals surface area contributed by atoms with Gasteiger partial charge in [-0.3, -0.25) is 0 Å². The lowest BCUT2D eigenvalue weighted by atomic mass is 9.67. The van der Waals surface area contributed by atoms with E-state index in [-0.39, 0.29) is 0 Å². The predicted octanol–water partition coefficient (Wildman–Crippen LogP) is 3.18. The monoisotopic (exact) mass is 252 g/mol. The van der Waals surface area contributed by atoms with Crippen LogP contribution in [0.2, 0.25) is 0 Å². The Morgan fingerprint density at radius 1 is 0.833 bits per heavy atom. The topological polar surface area (TPSA) is 24.1 Å². The maximum absolute atomic E-state index is 3.65. The van der Waals surface area contributed by atoms with Gasteiger partial charge in [-0.05, 0) is 56.5 Å². The summed E-state index contributed by atoms with van der Waals surface area (Å²) < 4.78 is 0. The molecule has 2 nitrogen and oxygen atoms in total. The minimum atomic E-state index is 0.968. The third-order valence-electron chi connectivity index (χ3n) is 4.99. The van der Waals surface area contributed by atoms with E-state index in [2.05, 4.69) is 17.6 Å². The molecule has 2 rings (SSSR count). The van der Waals surface area contributed by atoms with Crippen molar-refractivity contribution in [2.75, 3.05) is 26.2 Å². The van der Waals surface area contributed by atoms with Crippen LogP contribution < -0.4 is 10.6 Å². The van der Waals surface area contributed by atoms with Gasteiger partial charge in [0.05, 0.1) is 0 Å². The maximum Gasteiger partial charge on any atom is 0.00768 e. The standard InChI is InChI=1S/C16H32N2/c1-2-9-17-10-11-18-13-14-7-8-15-5-3-4-6-16(15)12-14/h14-18H,2-13H2,1H3. The van der Waals surface area contributed by atoms with E-state index in [0.717, 1.165) is 37.4 Å². The van der Waals surface area contributed by atoms with Crippen molar-refractivity contribution in [1.29, 1.82) is 0 Å². The SMILES string of the molecule is CCCNCCNCC1CCC2CCCCC2C1. The molecule has 2 saturated carbocycles. The van der Waals surface area contributed by atoms with Gasteiger partial charge in [-0.15, -0.1) is 0 Å². The lowest BCUT2D eigenvalue weighted by Gasteiger charge is -2.39. The molecule has 2 heteroatoms. The van der Waals surface area contributed by atoms with E-state index in [0.29, 0.717) is 0 Å². The Labute approximate surface area is 113 Å². The van der Waals surface area contributed by atoms with E-state index < -0.39 is 0 Å². The highest BCUT2D eigenvalue weighted by Gasteiger charge is 2.31. The van der Waals surface area contributed by atoms with Crippen molar-refractivity contribution in [3.05, 3.63) is 0 Å². The summed E-state index contributed by atoms with van der Waals surface area (Å²) in [5.74, 6) is 3.15. The second-order valence-electron chi connectivity index (χ2n) is 6.44. The van der Waals surface area contributed by atoms with Crippen molar-refractivity contribution in [3.8, 4) is 0 Å². The van der Waals surface area contributed by atoms with Crippen LogP contribution in [0.3, 0.4) is 0 Å². The molecule has 0 aliphatic heterocycles. The average Bonchev–Trinajstić information content (AvgIpc) is 2.42. The Bertz CT molecular complexity index is 217. The summed E-state index contributed by atoms with van der Waals surface area (Å²) in [4.78, 5) is 0. The van der Waals surface area contributed by atoms with Crippen molar-refractivity contribution >= 4 is 0 Å². The van der Waals surface area contributed by atoms with Crippen LogP contribution in [0, 0.1) is 17.8 Å². The van der Waals surface area contributed by atoms with E-state index >= 15 is 0 Å². The van der Waals surface area contributed by atoms with Gasteiger partial charge >= 0.3 is 0 Å². The zero-order valence-electron chi connectivity index (χ0n) is 12.2. The zero-order valence-corrected chi connectivity index (χ0v) is 12.2. The van der Waals surface area contributed by atoms with Crippen LogP contribution in [0.25, 0.3) is 0 Å². The Hall–Kier alpha value is -0.0800. The summed E-state index contributed by atoms with van der Waals surface area (Å²) in [5, 5.41) is 7.10. The van der Waals surface area contributed by atoms with E-state index in [4.69, 9.17) is 0 Å². The second kappa shape index (κ2) is 8.16. The van der Waals surface area contributed by atoms with E-state index in [9.17, 15) is 0 Å². The van der Waals surface area contributed by atoms with E-state index in [1.807, 2.05) is 0 Å². The number of hydrogen-bond acceptors (Lipinski definition) is 2. The normalized spacial score (nSPS) is 32.2. The van der Waals surface area contributed by atoms with Crippen LogP contribution in [0.15, 0.2) is 0 Å². The van der Waals surface area contributed by atoms with Crippen LogP contribution in [-0.2, 0) is 0 Å². The van der Waals surface area contributed by atoms with Crippen LogP contribution in [0.1, 0.15) is 58.3 Å². The summed E-state index contributed by atoms with van der Waals surface area (Å²) in [5.41, 5.74) is 0. The zero-order chi connectivity index (χ0) is 12.6. The highest BCUT2D eigenvalue weighted by molar-refractivity contribution is 4.83. The summed E-state index contributed by atoms with van der Waals surface area (Å²) in [7, 11) is 0. The van der Waals surface area contributed by atoms with Gasteiger partial charge in [-0.2, -0.15) is 0 Å². The molecule has 0 aromatic rings. The van der Waals surface area contributed by atoms with Gasteiger partial charge in [-0.1, -0.05) is 32.6 Å². The smallest absolute Gasteiger partial charge is 0.00768 e. The first-order chi connectivity index (χ1) is 8.90. The summed E-state index contributed by atoms with van der Waals surface area (Å²) >= 11 is 0. The highest BCUT2D eigenvalue weighted by Crippen LogP contribution is 2.42. The molecule has 2 aliphatic rings. The molecule has 0 amide bonds. The molecule has 0 heterocycles. The van der Waals surface area contributed by atoms with Crippen molar-refractivity contribution in [2.24, 2.45) is 17.8 Å². The molecule has 3 atom stereocenters. The first-order valence-corrected chi connectivity index (χ1v) is 8.31. The van der Waals surface area contributed by atoms with Crippen LogP contribution in [0.4, 0.5) is 0 Å². The molecule has 106 valence electrons. The molecule has 2 aliphatic carbocycles. The van der Waals surface area contributed by atoms with Crippen LogP contribution in [-0.4, -0.2) is 26.2 Å². The van der Waals surface area contributed by atoms with Gasteiger partial charge in [0.2, 0.25) is 0 Å². The maximum atomic E-state index is 3.65. The fourth-order valence-corrected chi connectivity index (χ4v) is 3.94. The van der Waals surface area contributed by atoms with Crippen LogP contribution >= 0.6 is 0 Å². The molecule has 2 fully saturated rings. The number of rotatable bonds is 7. The Balaban J connectivity index is 1.54. The lowest BCUT2D eigenvalue weighted by molar-refractivity contribution is 0.129. The molecule has 0 aromatic heterocycles. The Kier molecular flexibility index (Phi) is 6.50. The van der Waals surface area contributed by atoms with Gasteiger partial charge in [0, 0.05) is 13.1 Å². The predicted molar refractivity (Wildman–Crippen MR) is 78.8 cm³/mol. The van der Waals surface area contributed by atoms with Gasteiger partial charge in [0.25, 0.3) is 0 Å². The molecule has 0 spiro atoms. The first kappa shape index (κ1) is 14.3. The average molecular weight is 252 g/mol. The highest BCUT2D eigenvalue weighted by atomic mass is 14.9.